The van der Waals surface area contributed by atoms with Gasteiger partial charge in [-0.2, -0.15) is 0 Å². The van der Waals surface area contributed by atoms with Crippen molar-refractivity contribution in [2.75, 3.05) is 23.8 Å². The van der Waals surface area contributed by atoms with Gasteiger partial charge in [0.05, 0.1) is 6.61 Å². The predicted molar refractivity (Wildman–Crippen MR) is 108 cm³/mol. The van der Waals surface area contributed by atoms with Crippen molar-refractivity contribution in [2.24, 2.45) is 0 Å². The number of nitrogens with zero attached hydrogens (tertiary/aromatic N) is 2. The van der Waals surface area contributed by atoms with E-state index in [1.165, 1.54) is 6.33 Å². The van der Waals surface area contributed by atoms with Gasteiger partial charge in [0.25, 0.3) is 0 Å². The summed E-state index contributed by atoms with van der Waals surface area (Å²) in [6.45, 7) is 3.99. The van der Waals surface area contributed by atoms with Gasteiger partial charge in [-0.25, -0.2) is 14.8 Å². The molecule has 0 radical (unpaired) electrons. The molecule has 1 heterocycles. The lowest BCUT2D eigenvalue weighted by Gasteiger charge is -2.11. The van der Waals surface area contributed by atoms with Crippen LogP contribution in [-0.4, -0.2) is 29.2 Å². The van der Waals surface area contributed by atoms with E-state index in [9.17, 15) is 4.79 Å². The zero-order chi connectivity index (χ0) is 19.8. The van der Waals surface area contributed by atoms with E-state index in [1.54, 1.807) is 19.1 Å². The van der Waals surface area contributed by atoms with Gasteiger partial charge < -0.3 is 20.1 Å². The number of nitrogens with one attached hydrogen (secondary N) is 2. The number of ether oxygens (including phenoxy) is 2. The number of esters is 1. The molecule has 28 heavy (non-hydrogen) atoms. The second kappa shape index (κ2) is 9.36. The first-order chi connectivity index (χ1) is 13.6. The molecule has 2 aromatic carbocycles. The summed E-state index contributed by atoms with van der Waals surface area (Å²) in [5, 5.41) is 6.47. The van der Waals surface area contributed by atoms with Gasteiger partial charge in [-0.3, -0.25) is 0 Å². The van der Waals surface area contributed by atoms with E-state index in [-0.39, 0.29) is 6.61 Å². The van der Waals surface area contributed by atoms with E-state index in [0.29, 0.717) is 24.0 Å². The number of benzene rings is 2. The van der Waals surface area contributed by atoms with Crippen LogP contribution in [0.25, 0.3) is 0 Å². The average Bonchev–Trinajstić information content (AvgIpc) is 2.67. The fourth-order valence-corrected chi connectivity index (χ4v) is 2.52. The lowest BCUT2D eigenvalue weighted by molar-refractivity contribution is -0.145. The van der Waals surface area contributed by atoms with Crippen LogP contribution in [0.2, 0.25) is 0 Å². The van der Waals surface area contributed by atoms with Crippen LogP contribution < -0.4 is 15.4 Å². The molecule has 0 spiro atoms. The molecule has 3 rings (SSSR count). The second-order valence-corrected chi connectivity index (χ2v) is 6.03. The summed E-state index contributed by atoms with van der Waals surface area (Å²) < 4.78 is 10.3. The van der Waals surface area contributed by atoms with Crippen LogP contribution in [0.1, 0.15) is 12.5 Å². The van der Waals surface area contributed by atoms with Crippen LogP contribution in [0.3, 0.4) is 0 Å². The Kier molecular flexibility index (Phi) is 6.41. The topological polar surface area (TPSA) is 85.4 Å². The molecular formula is C21H22N4O3. The maximum atomic E-state index is 11.4. The highest BCUT2D eigenvalue weighted by Gasteiger charge is 2.05. The minimum Gasteiger partial charge on any atom is -0.482 e. The zero-order valence-corrected chi connectivity index (χ0v) is 15.8. The summed E-state index contributed by atoms with van der Waals surface area (Å²) in [4.78, 5) is 19.9. The van der Waals surface area contributed by atoms with E-state index < -0.39 is 5.97 Å². The number of aryl methyl sites for hydroxylation is 1. The molecule has 3 aromatic rings. The van der Waals surface area contributed by atoms with E-state index in [2.05, 4.69) is 20.6 Å². The third kappa shape index (κ3) is 5.70. The normalized spacial score (nSPS) is 10.2. The summed E-state index contributed by atoms with van der Waals surface area (Å²) >= 11 is 0. The first-order valence-corrected chi connectivity index (χ1v) is 8.93. The van der Waals surface area contributed by atoms with Crippen LogP contribution in [0.15, 0.2) is 60.9 Å². The number of hydrogen-bond donors (Lipinski definition) is 2. The number of carbonyl (C=O) groups excluding carboxylic acids is 1. The van der Waals surface area contributed by atoms with E-state index in [4.69, 9.17) is 9.47 Å². The molecule has 0 atom stereocenters. The van der Waals surface area contributed by atoms with Gasteiger partial charge in [-0.05, 0) is 43.7 Å². The van der Waals surface area contributed by atoms with Gasteiger partial charge in [0.2, 0.25) is 0 Å². The van der Waals surface area contributed by atoms with Crippen molar-refractivity contribution in [2.45, 2.75) is 13.8 Å². The van der Waals surface area contributed by atoms with Crippen molar-refractivity contribution < 1.29 is 14.3 Å². The average molecular weight is 378 g/mol. The van der Waals surface area contributed by atoms with Gasteiger partial charge >= 0.3 is 5.97 Å². The monoisotopic (exact) mass is 378 g/mol. The summed E-state index contributed by atoms with van der Waals surface area (Å²) in [5.74, 6) is 1.47. The molecule has 1 aromatic heterocycles. The molecule has 0 aliphatic heterocycles. The maximum absolute atomic E-state index is 11.4. The Labute approximate surface area is 163 Å². The third-order valence-corrected chi connectivity index (χ3v) is 3.73. The highest BCUT2D eigenvalue weighted by molar-refractivity contribution is 5.71. The van der Waals surface area contributed by atoms with Crippen molar-refractivity contribution >= 4 is 29.0 Å². The standard InChI is InChI=1S/C21H22N4O3/c1-3-27-21(26)13-28-18-9-5-8-17(11-18)25-20-12-19(22-14-23-20)24-16-7-4-6-15(2)10-16/h4-12,14H,3,13H2,1-2H3,(H2,22,23,24,25). The molecule has 7 heteroatoms. The zero-order valence-electron chi connectivity index (χ0n) is 15.8. The van der Waals surface area contributed by atoms with Gasteiger partial charge in [-0.1, -0.05) is 18.2 Å². The van der Waals surface area contributed by atoms with Crippen LogP contribution in [0, 0.1) is 6.92 Å². The number of hydrogen-bond acceptors (Lipinski definition) is 7. The molecule has 0 saturated carbocycles. The molecule has 0 bridgehead atoms. The Morgan fingerprint density at radius 1 is 0.964 bits per heavy atom. The Balaban J connectivity index is 1.65. The van der Waals surface area contributed by atoms with Crippen LogP contribution >= 0.6 is 0 Å². The number of rotatable bonds is 8. The molecule has 0 saturated heterocycles. The fourth-order valence-electron chi connectivity index (χ4n) is 2.52. The van der Waals surface area contributed by atoms with Crippen molar-refractivity contribution in [3.05, 3.63) is 66.5 Å². The maximum Gasteiger partial charge on any atom is 0.344 e. The van der Waals surface area contributed by atoms with E-state index >= 15 is 0 Å². The Hall–Kier alpha value is -3.61. The van der Waals surface area contributed by atoms with Crippen molar-refractivity contribution in [1.82, 2.24) is 9.97 Å². The van der Waals surface area contributed by atoms with E-state index in [0.717, 1.165) is 16.9 Å². The van der Waals surface area contributed by atoms with Crippen molar-refractivity contribution in [3.8, 4) is 5.75 Å². The highest BCUT2D eigenvalue weighted by Crippen LogP contribution is 2.22. The summed E-state index contributed by atoms with van der Waals surface area (Å²) in [6.07, 6.45) is 1.49. The highest BCUT2D eigenvalue weighted by atomic mass is 16.6. The van der Waals surface area contributed by atoms with E-state index in [1.807, 2.05) is 49.4 Å². The molecule has 0 aliphatic rings. The van der Waals surface area contributed by atoms with Crippen LogP contribution in [-0.2, 0) is 9.53 Å². The molecule has 0 amide bonds. The largest absolute Gasteiger partial charge is 0.482 e. The molecule has 0 aliphatic carbocycles. The number of aromatic nitrogens is 2. The SMILES string of the molecule is CCOC(=O)COc1cccc(Nc2cc(Nc3cccc(C)c3)ncn2)c1. The van der Waals surface area contributed by atoms with Crippen molar-refractivity contribution in [1.29, 1.82) is 0 Å². The van der Waals surface area contributed by atoms with Crippen molar-refractivity contribution in [3.63, 3.8) is 0 Å². The molecular weight excluding hydrogens is 356 g/mol. The molecule has 2 N–H and O–H groups in total. The number of carbonyl (C=O) groups is 1. The lowest BCUT2D eigenvalue weighted by Crippen LogP contribution is -2.14. The smallest absolute Gasteiger partial charge is 0.344 e. The van der Waals surface area contributed by atoms with Crippen LogP contribution in [0.4, 0.5) is 23.0 Å². The Morgan fingerprint density at radius 3 is 2.32 bits per heavy atom. The molecule has 0 fully saturated rings. The Bertz CT molecular complexity index is 946. The van der Waals surface area contributed by atoms with Gasteiger partial charge in [0.1, 0.15) is 23.7 Å². The first-order valence-electron chi connectivity index (χ1n) is 8.93. The minimum absolute atomic E-state index is 0.130. The first kappa shape index (κ1) is 19.2. The van der Waals surface area contributed by atoms with Gasteiger partial charge in [0, 0.05) is 23.5 Å². The molecule has 144 valence electrons. The summed E-state index contributed by atoms with van der Waals surface area (Å²) in [7, 11) is 0. The number of anilines is 4. The summed E-state index contributed by atoms with van der Waals surface area (Å²) in [6, 6.07) is 17.1. The molecule has 0 unspecified atom stereocenters. The second-order valence-electron chi connectivity index (χ2n) is 6.03. The lowest BCUT2D eigenvalue weighted by atomic mass is 10.2. The fraction of sp³-hybridized carbons (Fsp3) is 0.190. The van der Waals surface area contributed by atoms with Gasteiger partial charge in [-0.15, -0.1) is 0 Å². The predicted octanol–water partition coefficient (Wildman–Crippen LogP) is 4.21. The quantitative estimate of drug-likeness (QED) is 0.568. The minimum atomic E-state index is -0.400. The van der Waals surface area contributed by atoms with Gasteiger partial charge in [0.15, 0.2) is 6.61 Å². The van der Waals surface area contributed by atoms with Crippen LogP contribution in [0.5, 0.6) is 5.75 Å². The third-order valence-electron chi connectivity index (χ3n) is 3.73. The molecule has 7 nitrogen and oxygen atoms in total. The summed E-state index contributed by atoms with van der Waals surface area (Å²) in [5.41, 5.74) is 2.90. The Morgan fingerprint density at radius 2 is 1.64 bits per heavy atom.